The van der Waals surface area contributed by atoms with Crippen LogP contribution in [0, 0.1) is 0 Å². The molecule has 0 saturated heterocycles. The number of hydrogen-bond acceptors (Lipinski definition) is 5. The second kappa shape index (κ2) is 7.85. The average Bonchev–Trinajstić information content (AvgIpc) is 2.63. The van der Waals surface area contributed by atoms with Crippen molar-refractivity contribution in [3.8, 4) is 5.75 Å². The molecule has 0 fully saturated rings. The Morgan fingerprint density at radius 3 is 2.36 bits per heavy atom. The Morgan fingerprint density at radius 2 is 1.84 bits per heavy atom. The van der Waals surface area contributed by atoms with E-state index in [0.717, 1.165) is 0 Å². The van der Waals surface area contributed by atoms with Gasteiger partial charge < -0.3 is 19.4 Å². The smallest absolute Gasteiger partial charge is 0.333 e. The molecule has 0 aliphatic heterocycles. The van der Waals surface area contributed by atoms with Crippen molar-refractivity contribution in [2.24, 2.45) is 0 Å². The van der Waals surface area contributed by atoms with E-state index < -0.39 is 23.5 Å². The van der Waals surface area contributed by atoms with Gasteiger partial charge in [0.2, 0.25) is 0 Å². The van der Waals surface area contributed by atoms with Gasteiger partial charge in [-0.05, 0) is 23.8 Å². The van der Waals surface area contributed by atoms with Crippen LogP contribution in [0.3, 0.4) is 0 Å². The number of pyridine rings is 1. The summed E-state index contributed by atoms with van der Waals surface area (Å²) in [6.07, 6.45) is 1.25. The third kappa shape index (κ3) is 4.00. The van der Waals surface area contributed by atoms with E-state index in [0.29, 0.717) is 11.3 Å². The van der Waals surface area contributed by atoms with E-state index in [1.54, 1.807) is 24.3 Å². The molecule has 0 unspecified atom stereocenters. The lowest BCUT2D eigenvalue weighted by atomic mass is 10.0. The molecule has 1 amide bonds. The Hall–Kier alpha value is -2.80. The van der Waals surface area contributed by atoms with Crippen molar-refractivity contribution in [2.75, 3.05) is 21.3 Å². The monoisotopic (exact) mass is 364 g/mol. The number of esters is 1. The van der Waals surface area contributed by atoms with E-state index in [1.807, 2.05) is 0 Å². The van der Waals surface area contributed by atoms with Crippen molar-refractivity contribution in [3.63, 3.8) is 0 Å². The summed E-state index contributed by atoms with van der Waals surface area (Å²) in [7, 11) is 4.24. The minimum Gasteiger partial charge on any atom is -0.497 e. The zero-order chi connectivity index (χ0) is 18.6. The number of carbonyl (C=O) groups is 2. The lowest BCUT2D eigenvalue weighted by Gasteiger charge is -2.26. The Labute approximate surface area is 149 Å². The number of aromatic nitrogens is 1. The van der Waals surface area contributed by atoms with E-state index >= 15 is 0 Å². The van der Waals surface area contributed by atoms with Crippen LogP contribution >= 0.6 is 11.6 Å². The molecule has 7 nitrogen and oxygen atoms in total. The zero-order valence-electron chi connectivity index (χ0n) is 13.9. The Balaban J connectivity index is 2.38. The molecule has 2 rings (SSSR count). The average molecular weight is 365 g/mol. The van der Waals surface area contributed by atoms with Gasteiger partial charge in [0.1, 0.15) is 10.8 Å². The third-order valence-electron chi connectivity index (χ3n) is 3.67. The van der Waals surface area contributed by atoms with Crippen LogP contribution in [0.4, 0.5) is 0 Å². The molecule has 0 bridgehead atoms. The van der Waals surface area contributed by atoms with Crippen molar-refractivity contribution in [1.29, 1.82) is 0 Å². The summed E-state index contributed by atoms with van der Waals surface area (Å²) in [5.74, 6) is -0.477. The highest BCUT2D eigenvalue weighted by atomic mass is 35.5. The van der Waals surface area contributed by atoms with E-state index in [2.05, 4.69) is 4.98 Å². The molecule has 0 spiro atoms. The van der Waals surface area contributed by atoms with Crippen molar-refractivity contribution in [3.05, 3.63) is 63.0 Å². The fourth-order valence-corrected chi connectivity index (χ4v) is 2.49. The highest BCUT2D eigenvalue weighted by Crippen LogP contribution is 2.25. The van der Waals surface area contributed by atoms with Crippen molar-refractivity contribution >= 4 is 23.5 Å². The number of aromatic amines is 1. The van der Waals surface area contributed by atoms with Gasteiger partial charge in [0.25, 0.3) is 11.5 Å². The fraction of sp³-hybridized carbons (Fsp3) is 0.235. The van der Waals surface area contributed by atoms with Crippen LogP contribution in [-0.2, 0) is 9.53 Å². The summed E-state index contributed by atoms with van der Waals surface area (Å²) >= 11 is 5.76. The van der Waals surface area contributed by atoms with Gasteiger partial charge in [-0.1, -0.05) is 23.7 Å². The van der Waals surface area contributed by atoms with E-state index in [1.165, 1.54) is 38.4 Å². The lowest BCUT2D eigenvalue weighted by molar-refractivity contribution is -0.145. The molecule has 132 valence electrons. The summed E-state index contributed by atoms with van der Waals surface area (Å²) < 4.78 is 9.92. The molecule has 8 heteroatoms. The first-order chi connectivity index (χ1) is 11.9. The van der Waals surface area contributed by atoms with E-state index in [9.17, 15) is 14.4 Å². The van der Waals surface area contributed by atoms with Crippen molar-refractivity contribution in [2.45, 2.75) is 6.04 Å². The predicted octanol–water partition coefficient (Wildman–Crippen LogP) is 2.02. The summed E-state index contributed by atoms with van der Waals surface area (Å²) in [6.45, 7) is 0. The maximum absolute atomic E-state index is 12.7. The first-order valence-corrected chi connectivity index (χ1v) is 7.64. The standard InChI is InChI=1S/C17H17ClN2O5/c1-20(16(22)11-8-13(18)15(21)19-9-11)14(17(23)25-3)10-4-6-12(24-2)7-5-10/h4-9,14H,1-3H3,(H,19,21)/t14-/m0/s1. The molecule has 0 radical (unpaired) electrons. The number of benzene rings is 1. The Morgan fingerprint density at radius 1 is 1.20 bits per heavy atom. The van der Waals surface area contributed by atoms with Crippen LogP contribution in [0.1, 0.15) is 22.0 Å². The van der Waals surface area contributed by atoms with Gasteiger partial charge in [-0.15, -0.1) is 0 Å². The molecule has 0 aliphatic carbocycles. The minimum atomic E-state index is -0.964. The van der Waals surface area contributed by atoms with Crippen molar-refractivity contribution in [1.82, 2.24) is 9.88 Å². The number of halogens is 1. The van der Waals surface area contributed by atoms with Crippen molar-refractivity contribution < 1.29 is 19.1 Å². The number of carbonyl (C=O) groups excluding carboxylic acids is 2. The normalized spacial score (nSPS) is 11.5. The maximum atomic E-state index is 12.7. The number of nitrogens with one attached hydrogen (secondary N) is 1. The van der Waals surface area contributed by atoms with E-state index in [4.69, 9.17) is 21.1 Å². The van der Waals surface area contributed by atoms with Gasteiger partial charge in [0.05, 0.1) is 19.8 Å². The Bertz CT molecular complexity index is 832. The second-order valence-electron chi connectivity index (χ2n) is 5.18. The van der Waals surface area contributed by atoms with Crippen LogP contribution in [0.25, 0.3) is 0 Å². The van der Waals surface area contributed by atoms with Gasteiger partial charge in [0, 0.05) is 13.2 Å². The van der Waals surface area contributed by atoms with Crippen LogP contribution in [0.5, 0.6) is 5.75 Å². The summed E-state index contributed by atoms with van der Waals surface area (Å²) in [5.41, 5.74) is 0.203. The number of ether oxygens (including phenoxy) is 2. The van der Waals surface area contributed by atoms with Crippen LogP contribution in [0.15, 0.2) is 41.3 Å². The van der Waals surface area contributed by atoms with Gasteiger partial charge >= 0.3 is 5.97 Å². The second-order valence-corrected chi connectivity index (χ2v) is 5.59. The number of H-pyrrole nitrogens is 1. The molecule has 1 atom stereocenters. The summed E-state index contributed by atoms with van der Waals surface area (Å²) in [5, 5.41) is -0.113. The van der Waals surface area contributed by atoms with Crippen LogP contribution in [-0.4, -0.2) is 43.0 Å². The van der Waals surface area contributed by atoms with Gasteiger partial charge in [-0.3, -0.25) is 9.59 Å². The van der Waals surface area contributed by atoms with Gasteiger partial charge in [-0.25, -0.2) is 4.79 Å². The molecular formula is C17H17ClN2O5. The largest absolute Gasteiger partial charge is 0.497 e. The SMILES string of the molecule is COC(=O)[C@H](c1ccc(OC)cc1)N(C)C(=O)c1c[nH]c(=O)c(Cl)c1. The molecule has 1 aromatic carbocycles. The highest BCUT2D eigenvalue weighted by Gasteiger charge is 2.30. The molecule has 1 N–H and O–H groups in total. The lowest BCUT2D eigenvalue weighted by Crippen LogP contribution is -2.36. The first kappa shape index (κ1) is 18.5. The van der Waals surface area contributed by atoms with Crippen LogP contribution in [0.2, 0.25) is 5.02 Å². The van der Waals surface area contributed by atoms with E-state index in [-0.39, 0.29) is 10.6 Å². The number of likely N-dealkylation sites (N-methyl/N-ethyl adjacent to an activating group) is 1. The number of methoxy groups -OCH3 is 2. The summed E-state index contributed by atoms with van der Waals surface area (Å²) in [6, 6.07) is 6.99. The zero-order valence-corrected chi connectivity index (χ0v) is 14.7. The van der Waals surface area contributed by atoms with Gasteiger partial charge in [0.15, 0.2) is 6.04 Å². The molecule has 1 heterocycles. The Kier molecular flexibility index (Phi) is 5.82. The quantitative estimate of drug-likeness (QED) is 0.820. The molecule has 1 aromatic heterocycles. The minimum absolute atomic E-state index is 0.113. The number of nitrogens with zero attached hydrogens (tertiary/aromatic N) is 1. The van der Waals surface area contributed by atoms with Gasteiger partial charge in [-0.2, -0.15) is 0 Å². The molecule has 25 heavy (non-hydrogen) atoms. The number of hydrogen-bond donors (Lipinski definition) is 1. The molecule has 0 aliphatic rings. The third-order valence-corrected chi connectivity index (χ3v) is 3.95. The fourth-order valence-electron chi connectivity index (χ4n) is 2.32. The molecular weight excluding hydrogens is 348 g/mol. The number of rotatable bonds is 5. The molecule has 2 aromatic rings. The maximum Gasteiger partial charge on any atom is 0.333 e. The van der Waals surface area contributed by atoms with Crippen LogP contribution < -0.4 is 10.3 Å². The highest BCUT2D eigenvalue weighted by molar-refractivity contribution is 6.30. The first-order valence-electron chi connectivity index (χ1n) is 7.26. The predicted molar refractivity (Wildman–Crippen MR) is 91.9 cm³/mol. The summed E-state index contributed by atoms with van der Waals surface area (Å²) in [4.78, 5) is 39.8. The molecule has 0 saturated carbocycles. The topological polar surface area (TPSA) is 88.7 Å². The number of amides is 1.